The number of nitrogens with one attached hydrogen (secondary N) is 2. The zero-order valence-corrected chi connectivity index (χ0v) is 21.4. The molecule has 1 aromatic carbocycles. The van der Waals surface area contributed by atoms with Crippen LogP contribution in [0.3, 0.4) is 0 Å². The Balaban J connectivity index is 1.60. The van der Waals surface area contributed by atoms with Crippen LogP contribution in [0.2, 0.25) is 0 Å². The molecule has 12 heteroatoms. The number of aromatic nitrogens is 1. The molecule has 2 heterocycles. The van der Waals surface area contributed by atoms with Gasteiger partial charge in [0.05, 0.1) is 21.8 Å². The average Bonchev–Trinajstić information content (AvgIpc) is 3.53. The maximum Gasteiger partial charge on any atom is 0.471 e. The normalized spacial score (nSPS) is 23.3. The molecular formula is C25H28F3N5O3S. The molecule has 1 saturated carbocycles. The zero-order chi connectivity index (χ0) is 27.1. The van der Waals surface area contributed by atoms with E-state index in [1.54, 1.807) is 38.4 Å². The summed E-state index contributed by atoms with van der Waals surface area (Å²) in [5, 5.41) is 14.4. The van der Waals surface area contributed by atoms with Crippen LogP contribution in [0.1, 0.15) is 51.6 Å². The number of likely N-dealkylation sites (tertiary alicyclic amines) is 1. The van der Waals surface area contributed by atoms with Crippen molar-refractivity contribution in [1.29, 1.82) is 5.26 Å². The number of fused-ring (bicyclic) bond motifs is 2. The summed E-state index contributed by atoms with van der Waals surface area (Å²) in [7, 11) is 0. The van der Waals surface area contributed by atoms with E-state index in [2.05, 4.69) is 16.4 Å². The van der Waals surface area contributed by atoms with E-state index in [1.165, 1.54) is 16.2 Å². The number of benzene rings is 1. The molecule has 0 radical (unpaired) electrons. The number of hydrogen-bond donors (Lipinski definition) is 2. The van der Waals surface area contributed by atoms with Gasteiger partial charge < -0.3 is 15.5 Å². The fourth-order valence-electron chi connectivity index (χ4n) is 5.37. The van der Waals surface area contributed by atoms with Crippen LogP contribution in [-0.2, 0) is 14.4 Å². The third kappa shape index (κ3) is 5.42. The lowest BCUT2D eigenvalue weighted by atomic mass is 9.85. The summed E-state index contributed by atoms with van der Waals surface area (Å²) in [4.78, 5) is 44.5. The van der Waals surface area contributed by atoms with Crippen molar-refractivity contribution in [2.45, 2.75) is 64.3 Å². The van der Waals surface area contributed by atoms with Gasteiger partial charge >= 0.3 is 12.1 Å². The number of nitriles is 1. The average molecular weight is 536 g/mol. The van der Waals surface area contributed by atoms with E-state index in [-0.39, 0.29) is 18.4 Å². The Bertz CT molecular complexity index is 1250. The monoisotopic (exact) mass is 535 g/mol. The number of alkyl halides is 3. The van der Waals surface area contributed by atoms with Crippen LogP contribution in [-0.4, -0.2) is 52.4 Å². The summed E-state index contributed by atoms with van der Waals surface area (Å²) < 4.78 is 40.0. The molecule has 3 amide bonds. The van der Waals surface area contributed by atoms with Crippen molar-refractivity contribution in [2.24, 2.45) is 17.3 Å². The van der Waals surface area contributed by atoms with Gasteiger partial charge in [0.25, 0.3) is 0 Å². The molecule has 1 aromatic heterocycles. The molecule has 1 saturated heterocycles. The minimum Gasteiger partial charge on any atom is -0.336 e. The Morgan fingerprint density at radius 2 is 1.92 bits per heavy atom. The molecule has 2 N–H and O–H groups in total. The molecule has 2 fully saturated rings. The van der Waals surface area contributed by atoms with Crippen LogP contribution in [0.15, 0.2) is 23.7 Å². The highest BCUT2D eigenvalue weighted by molar-refractivity contribution is 7.16. The minimum absolute atomic E-state index is 0.0190. The number of hydrogen-bond acceptors (Lipinski definition) is 6. The van der Waals surface area contributed by atoms with Crippen LogP contribution in [0, 0.1) is 28.6 Å². The maximum atomic E-state index is 13.6. The molecule has 198 valence electrons. The summed E-state index contributed by atoms with van der Waals surface area (Å²) in [5.74, 6) is -3.64. The zero-order valence-electron chi connectivity index (χ0n) is 20.6. The van der Waals surface area contributed by atoms with Crippen LogP contribution >= 0.6 is 11.3 Å². The Labute approximate surface area is 216 Å². The van der Waals surface area contributed by atoms with Gasteiger partial charge in [0.15, 0.2) is 0 Å². The molecule has 1 unspecified atom stereocenters. The second kappa shape index (κ2) is 9.93. The summed E-state index contributed by atoms with van der Waals surface area (Å²) in [6.45, 7) is 4.87. The third-order valence-electron chi connectivity index (χ3n) is 7.19. The lowest BCUT2D eigenvalue weighted by Gasteiger charge is -2.36. The van der Waals surface area contributed by atoms with E-state index in [1.807, 2.05) is 11.4 Å². The number of amides is 3. The highest BCUT2D eigenvalue weighted by Crippen LogP contribution is 2.43. The molecule has 8 nitrogen and oxygen atoms in total. The van der Waals surface area contributed by atoms with Crippen molar-refractivity contribution >= 4 is 39.3 Å². The highest BCUT2D eigenvalue weighted by Gasteiger charge is 2.53. The first-order chi connectivity index (χ1) is 17.3. The lowest BCUT2D eigenvalue weighted by Crippen LogP contribution is -2.60. The second-order valence-corrected chi connectivity index (χ2v) is 11.6. The van der Waals surface area contributed by atoms with Gasteiger partial charge in [-0.15, -0.1) is 11.3 Å². The van der Waals surface area contributed by atoms with Crippen molar-refractivity contribution in [3.05, 3.63) is 29.3 Å². The molecule has 2 aromatic rings. The minimum atomic E-state index is -5.15. The van der Waals surface area contributed by atoms with Crippen molar-refractivity contribution < 1.29 is 27.6 Å². The van der Waals surface area contributed by atoms with Gasteiger partial charge in [0.2, 0.25) is 11.8 Å². The van der Waals surface area contributed by atoms with E-state index in [0.717, 1.165) is 17.5 Å². The smallest absolute Gasteiger partial charge is 0.336 e. The first-order valence-electron chi connectivity index (χ1n) is 12.0. The molecule has 1 aliphatic carbocycles. The first kappa shape index (κ1) is 26.9. The number of thiazole rings is 1. The molecule has 1 aliphatic heterocycles. The summed E-state index contributed by atoms with van der Waals surface area (Å²) in [6.07, 6.45) is -2.81. The summed E-state index contributed by atoms with van der Waals surface area (Å²) >= 11 is 1.45. The van der Waals surface area contributed by atoms with Crippen molar-refractivity contribution in [1.82, 2.24) is 20.5 Å². The predicted molar refractivity (Wildman–Crippen MR) is 130 cm³/mol. The maximum absolute atomic E-state index is 13.6. The molecule has 2 aliphatic rings. The van der Waals surface area contributed by atoms with Crippen LogP contribution in [0.4, 0.5) is 13.2 Å². The Hall–Kier alpha value is -3.20. The van der Waals surface area contributed by atoms with Crippen LogP contribution in [0.5, 0.6) is 0 Å². The van der Waals surface area contributed by atoms with Gasteiger partial charge in [-0.3, -0.25) is 14.4 Å². The van der Waals surface area contributed by atoms with Gasteiger partial charge in [0, 0.05) is 6.54 Å². The van der Waals surface area contributed by atoms with Crippen molar-refractivity contribution in [2.75, 3.05) is 6.54 Å². The lowest BCUT2D eigenvalue weighted by molar-refractivity contribution is -0.176. The van der Waals surface area contributed by atoms with Gasteiger partial charge in [-0.1, -0.05) is 33.3 Å². The summed E-state index contributed by atoms with van der Waals surface area (Å²) in [5.41, 5.74) is 1.87. The number of rotatable bonds is 5. The molecule has 5 atom stereocenters. The van der Waals surface area contributed by atoms with Gasteiger partial charge in [-0.05, 0) is 47.8 Å². The largest absolute Gasteiger partial charge is 0.471 e. The van der Waals surface area contributed by atoms with Gasteiger partial charge in [-0.25, -0.2) is 4.98 Å². The van der Waals surface area contributed by atoms with E-state index in [4.69, 9.17) is 0 Å². The van der Waals surface area contributed by atoms with E-state index in [0.29, 0.717) is 17.5 Å². The van der Waals surface area contributed by atoms with E-state index in [9.17, 15) is 32.8 Å². The van der Waals surface area contributed by atoms with E-state index >= 15 is 0 Å². The Morgan fingerprint density at radius 1 is 1.19 bits per heavy atom. The summed E-state index contributed by atoms with van der Waals surface area (Å²) in [6, 6.07) is 3.90. The number of halogens is 3. The SMILES string of the molecule is CC(C)(C)[C@H](NC(=O)C(F)(F)F)C(=O)N1C[C@@H]2CCC[C@@H]2[C@H]1C(=O)NC(C#N)c1ccc2scnc2c1. The molecular weight excluding hydrogens is 507 g/mol. The van der Waals surface area contributed by atoms with E-state index < -0.39 is 47.4 Å². The number of carbonyl (C=O) groups excluding carboxylic acids is 3. The van der Waals surface area contributed by atoms with Crippen LogP contribution < -0.4 is 10.6 Å². The van der Waals surface area contributed by atoms with Crippen LogP contribution in [0.25, 0.3) is 10.2 Å². The fraction of sp³-hybridized carbons (Fsp3) is 0.560. The topological polar surface area (TPSA) is 115 Å². The van der Waals surface area contributed by atoms with Gasteiger partial charge in [-0.2, -0.15) is 18.4 Å². The van der Waals surface area contributed by atoms with Crippen molar-refractivity contribution in [3.63, 3.8) is 0 Å². The molecule has 0 bridgehead atoms. The highest BCUT2D eigenvalue weighted by atomic mass is 32.1. The first-order valence-corrected chi connectivity index (χ1v) is 12.9. The number of carbonyl (C=O) groups is 3. The quantitative estimate of drug-likeness (QED) is 0.606. The van der Waals surface area contributed by atoms with Crippen molar-refractivity contribution in [3.8, 4) is 6.07 Å². The predicted octanol–water partition coefficient (Wildman–Crippen LogP) is 3.70. The fourth-order valence-corrected chi connectivity index (χ4v) is 6.03. The molecule has 37 heavy (non-hydrogen) atoms. The molecule has 4 rings (SSSR count). The third-order valence-corrected chi connectivity index (χ3v) is 8.00. The second-order valence-electron chi connectivity index (χ2n) is 10.7. The molecule has 0 spiro atoms. The Kier molecular flexibility index (Phi) is 7.21. The Morgan fingerprint density at radius 3 is 2.57 bits per heavy atom. The number of nitrogens with zero attached hydrogens (tertiary/aromatic N) is 3. The van der Waals surface area contributed by atoms with Gasteiger partial charge in [0.1, 0.15) is 18.1 Å². The standard InChI is InChI=1S/C25H28F3N5O3S/c1-24(2,3)20(32-23(36)25(26,27)28)22(35)33-11-14-5-4-6-15(14)19(33)21(34)31-17(10-29)13-7-8-18-16(9-13)30-12-37-18/h7-9,12,14-15,17,19-20H,4-6,11H2,1-3H3,(H,31,34)(H,32,36)/t14-,15-,17?,19-,20+/m0/s1.